The average molecular weight is 314 g/mol. The van der Waals surface area contributed by atoms with Gasteiger partial charge in [0.2, 0.25) is 5.88 Å². The Hall–Kier alpha value is -2.70. The summed E-state index contributed by atoms with van der Waals surface area (Å²) in [5.74, 6) is 0.276. The Morgan fingerprint density at radius 1 is 1.26 bits per heavy atom. The number of piperidine rings is 1. The average Bonchev–Trinajstić information content (AvgIpc) is 2.58. The van der Waals surface area contributed by atoms with Gasteiger partial charge in [-0.15, -0.1) is 5.10 Å². The number of hydrogen-bond acceptors (Lipinski definition) is 5. The van der Waals surface area contributed by atoms with E-state index in [-0.39, 0.29) is 23.1 Å². The van der Waals surface area contributed by atoms with Gasteiger partial charge in [-0.3, -0.25) is 9.59 Å². The summed E-state index contributed by atoms with van der Waals surface area (Å²) in [6.45, 7) is 1.11. The lowest BCUT2D eigenvalue weighted by Crippen LogP contribution is -2.43. The van der Waals surface area contributed by atoms with Crippen molar-refractivity contribution in [1.82, 2.24) is 19.7 Å². The highest BCUT2D eigenvalue weighted by atomic mass is 16.5. The van der Waals surface area contributed by atoms with Crippen molar-refractivity contribution in [1.29, 1.82) is 0 Å². The number of ether oxygens (including phenoxy) is 1. The first-order valence-electron chi connectivity index (χ1n) is 7.54. The van der Waals surface area contributed by atoms with Crippen molar-refractivity contribution in [3.8, 4) is 5.88 Å². The van der Waals surface area contributed by atoms with Gasteiger partial charge >= 0.3 is 0 Å². The summed E-state index contributed by atoms with van der Waals surface area (Å²) in [5.41, 5.74) is -0.0567. The molecule has 0 aromatic carbocycles. The highest BCUT2D eigenvalue weighted by Crippen LogP contribution is 2.17. The van der Waals surface area contributed by atoms with Crippen LogP contribution in [0.3, 0.4) is 0 Å². The van der Waals surface area contributed by atoms with Crippen molar-refractivity contribution in [2.75, 3.05) is 13.1 Å². The van der Waals surface area contributed by atoms with Crippen LogP contribution in [0.1, 0.15) is 23.2 Å². The van der Waals surface area contributed by atoms with Crippen molar-refractivity contribution in [2.24, 2.45) is 7.05 Å². The Balaban J connectivity index is 1.61. The minimum Gasteiger partial charge on any atom is -0.473 e. The zero-order valence-corrected chi connectivity index (χ0v) is 12.9. The van der Waals surface area contributed by atoms with Crippen LogP contribution in [0.5, 0.6) is 5.88 Å². The number of aromatic nitrogens is 3. The van der Waals surface area contributed by atoms with E-state index in [4.69, 9.17) is 4.74 Å². The molecule has 1 saturated heterocycles. The second kappa shape index (κ2) is 6.60. The van der Waals surface area contributed by atoms with Gasteiger partial charge in [0.25, 0.3) is 11.5 Å². The minimum atomic E-state index is -0.268. The molecular weight excluding hydrogens is 296 g/mol. The lowest BCUT2D eigenvalue weighted by molar-refractivity contribution is 0.0584. The maximum absolute atomic E-state index is 12.5. The van der Waals surface area contributed by atoms with E-state index in [9.17, 15) is 9.59 Å². The van der Waals surface area contributed by atoms with E-state index in [0.29, 0.717) is 31.8 Å². The molecule has 0 aliphatic carbocycles. The molecule has 0 radical (unpaired) electrons. The molecule has 0 N–H and O–H groups in total. The molecule has 1 aliphatic rings. The number of hydrogen-bond donors (Lipinski definition) is 0. The minimum absolute atomic E-state index is 0.00866. The standard InChI is InChI=1S/C16H18N4O3/c1-19-9-3-4-13(15(19)21)16(22)20-10-6-12(7-11-20)23-14-5-2-8-17-18-14/h2-5,8-9,12H,6-7,10-11H2,1H3. The van der Waals surface area contributed by atoms with Crippen molar-refractivity contribution >= 4 is 5.91 Å². The van der Waals surface area contributed by atoms with E-state index in [1.807, 2.05) is 0 Å². The number of likely N-dealkylation sites (tertiary alicyclic amines) is 1. The van der Waals surface area contributed by atoms with Crippen LogP contribution in [0.2, 0.25) is 0 Å². The van der Waals surface area contributed by atoms with Crippen LogP contribution in [0.25, 0.3) is 0 Å². The molecular formula is C16H18N4O3. The number of aryl methyl sites for hydroxylation is 1. The lowest BCUT2D eigenvalue weighted by Gasteiger charge is -2.31. The Morgan fingerprint density at radius 2 is 2.04 bits per heavy atom. The van der Waals surface area contributed by atoms with E-state index in [2.05, 4.69) is 10.2 Å². The maximum atomic E-state index is 12.5. The molecule has 7 nitrogen and oxygen atoms in total. The van der Waals surface area contributed by atoms with Gasteiger partial charge in [-0.1, -0.05) is 0 Å². The number of nitrogens with zero attached hydrogens (tertiary/aromatic N) is 4. The molecule has 0 saturated carbocycles. The largest absolute Gasteiger partial charge is 0.473 e. The van der Waals surface area contributed by atoms with Gasteiger partial charge in [-0.05, 0) is 18.2 Å². The summed E-state index contributed by atoms with van der Waals surface area (Å²) < 4.78 is 7.17. The molecule has 2 aromatic rings. The van der Waals surface area contributed by atoms with Crippen molar-refractivity contribution in [3.63, 3.8) is 0 Å². The van der Waals surface area contributed by atoms with Crippen LogP contribution in [0, 0.1) is 0 Å². The fourth-order valence-corrected chi connectivity index (χ4v) is 2.63. The molecule has 0 unspecified atom stereocenters. The highest BCUT2D eigenvalue weighted by molar-refractivity contribution is 5.93. The zero-order chi connectivity index (χ0) is 16.2. The fraction of sp³-hybridized carbons (Fsp3) is 0.375. The molecule has 1 fully saturated rings. The molecule has 23 heavy (non-hydrogen) atoms. The summed E-state index contributed by atoms with van der Waals surface area (Å²) in [6.07, 6.45) is 4.65. The third kappa shape index (κ3) is 3.39. The molecule has 3 heterocycles. The van der Waals surface area contributed by atoms with E-state index in [1.165, 1.54) is 4.57 Å². The third-order valence-electron chi connectivity index (χ3n) is 3.92. The van der Waals surface area contributed by atoms with Crippen molar-refractivity contribution in [2.45, 2.75) is 18.9 Å². The first-order chi connectivity index (χ1) is 11.1. The topological polar surface area (TPSA) is 77.3 Å². The predicted octanol–water partition coefficient (Wildman–Crippen LogP) is 0.859. The molecule has 1 amide bonds. The van der Waals surface area contributed by atoms with E-state index < -0.39 is 0 Å². The van der Waals surface area contributed by atoms with Gasteiger partial charge in [0.05, 0.1) is 0 Å². The molecule has 3 rings (SSSR count). The van der Waals surface area contributed by atoms with Gasteiger partial charge in [0, 0.05) is 51.4 Å². The van der Waals surface area contributed by atoms with Crippen LogP contribution in [0.4, 0.5) is 0 Å². The Bertz CT molecular complexity index is 736. The second-order valence-corrected chi connectivity index (χ2v) is 5.51. The van der Waals surface area contributed by atoms with Gasteiger partial charge in [-0.2, -0.15) is 5.10 Å². The van der Waals surface area contributed by atoms with Gasteiger partial charge in [-0.25, -0.2) is 0 Å². The SMILES string of the molecule is Cn1cccc(C(=O)N2CCC(Oc3cccnn3)CC2)c1=O. The van der Waals surface area contributed by atoms with Gasteiger partial charge in [0.15, 0.2) is 0 Å². The molecule has 1 aliphatic heterocycles. The number of carbonyl (C=O) groups is 1. The molecule has 2 aromatic heterocycles. The Labute approximate surface area is 133 Å². The summed E-state index contributed by atoms with van der Waals surface area (Å²) in [7, 11) is 1.64. The second-order valence-electron chi connectivity index (χ2n) is 5.51. The fourth-order valence-electron chi connectivity index (χ4n) is 2.63. The summed E-state index contributed by atoms with van der Waals surface area (Å²) in [5, 5.41) is 7.67. The molecule has 0 bridgehead atoms. The number of amides is 1. The number of rotatable bonds is 3. The molecule has 120 valence electrons. The van der Waals surface area contributed by atoms with Crippen molar-refractivity contribution < 1.29 is 9.53 Å². The first-order valence-corrected chi connectivity index (χ1v) is 7.54. The summed E-state index contributed by atoms with van der Waals surface area (Å²) in [4.78, 5) is 26.2. The van der Waals surface area contributed by atoms with E-state index in [1.54, 1.807) is 48.6 Å². The van der Waals surface area contributed by atoms with Crippen molar-refractivity contribution in [3.05, 3.63) is 52.6 Å². The summed E-state index contributed by atoms with van der Waals surface area (Å²) in [6, 6.07) is 6.82. The Kier molecular flexibility index (Phi) is 4.36. The van der Waals surface area contributed by atoms with Crippen LogP contribution in [0.15, 0.2) is 41.5 Å². The first kappa shape index (κ1) is 15.2. The Morgan fingerprint density at radius 3 is 2.74 bits per heavy atom. The normalized spacial score (nSPS) is 15.4. The van der Waals surface area contributed by atoms with Gasteiger partial charge < -0.3 is 14.2 Å². The van der Waals surface area contributed by atoms with Crippen LogP contribution in [-0.4, -0.2) is 44.8 Å². The van der Waals surface area contributed by atoms with Crippen LogP contribution >= 0.6 is 0 Å². The van der Waals surface area contributed by atoms with Crippen LogP contribution < -0.4 is 10.3 Å². The molecule has 7 heteroatoms. The summed E-state index contributed by atoms with van der Waals surface area (Å²) >= 11 is 0. The predicted molar refractivity (Wildman–Crippen MR) is 83.3 cm³/mol. The van der Waals surface area contributed by atoms with Gasteiger partial charge in [0.1, 0.15) is 11.7 Å². The highest BCUT2D eigenvalue weighted by Gasteiger charge is 2.26. The zero-order valence-electron chi connectivity index (χ0n) is 12.9. The third-order valence-corrected chi connectivity index (χ3v) is 3.92. The van der Waals surface area contributed by atoms with Crippen LogP contribution in [-0.2, 0) is 7.05 Å². The van der Waals surface area contributed by atoms with E-state index >= 15 is 0 Å². The number of carbonyl (C=O) groups excluding carboxylic acids is 1. The molecule has 0 spiro atoms. The quantitative estimate of drug-likeness (QED) is 0.840. The molecule has 0 atom stereocenters. The van der Waals surface area contributed by atoms with E-state index in [0.717, 1.165) is 0 Å². The monoisotopic (exact) mass is 314 g/mol. The maximum Gasteiger partial charge on any atom is 0.263 e. The lowest BCUT2D eigenvalue weighted by atomic mass is 10.1. The number of pyridine rings is 1. The smallest absolute Gasteiger partial charge is 0.263 e.